The minimum absolute atomic E-state index is 0. The molecule has 1 heterocycles. The van der Waals surface area contributed by atoms with Crippen molar-refractivity contribution in [1.29, 1.82) is 0 Å². The van der Waals surface area contributed by atoms with Crippen molar-refractivity contribution < 1.29 is 4.52 Å². The zero-order valence-corrected chi connectivity index (χ0v) is 10.5. The molecule has 0 radical (unpaired) electrons. The monoisotopic (exact) mass is 246 g/mol. The Kier molecular flexibility index (Phi) is 4.70. The van der Waals surface area contributed by atoms with Crippen molar-refractivity contribution in [2.75, 3.05) is 13.6 Å². The molecule has 0 spiro atoms. The number of hydrogen-bond acceptors (Lipinski definition) is 5. The summed E-state index contributed by atoms with van der Waals surface area (Å²) in [5.41, 5.74) is 5.77. The predicted octanol–water partition coefficient (Wildman–Crippen LogP) is 0.969. The Hall–Kier alpha value is -0.650. The summed E-state index contributed by atoms with van der Waals surface area (Å²) in [6.45, 7) is 3.22. The first-order valence-electron chi connectivity index (χ1n) is 5.40. The third-order valence-corrected chi connectivity index (χ3v) is 2.93. The Morgan fingerprint density at radius 1 is 1.56 bits per heavy atom. The number of aromatic nitrogens is 2. The quantitative estimate of drug-likeness (QED) is 0.839. The van der Waals surface area contributed by atoms with Gasteiger partial charge < -0.3 is 10.3 Å². The van der Waals surface area contributed by atoms with Crippen molar-refractivity contribution in [3.05, 3.63) is 11.7 Å². The molecule has 0 saturated heterocycles. The summed E-state index contributed by atoms with van der Waals surface area (Å²) < 4.78 is 5.09. The summed E-state index contributed by atoms with van der Waals surface area (Å²) in [6.07, 6.45) is 2.60. The number of nitrogens with zero attached hydrogens (tertiary/aromatic N) is 3. The van der Waals surface area contributed by atoms with Crippen LogP contribution in [0.25, 0.3) is 0 Å². The Bertz CT molecular complexity index is 326. The van der Waals surface area contributed by atoms with Crippen molar-refractivity contribution in [2.45, 2.75) is 32.4 Å². The van der Waals surface area contributed by atoms with E-state index in [9.17, 15) is 0 Å². The molecule has 16 heavy (non-hydrogen) atoms. The standard InChI is InChI=1S/C10H18N4O.ClH/c1-7-12-10(15-13-7)6-14(2)9(5-11)8-3-4-8;/h8-9H,3-6,11H2,1-2H3;1H. The van der Waals surface area contributed by atoms with E-state index in [1.807, 2.05) is 6.92 Å². The van der Waals surface area contributed by atoms with Crippen molar-refractivity contribution in [3.63, 3.8) is 0 Å². The molecule has 1 saturated carbocycles. The highest BCUT2D eigenvalue weighted by Gasteiger charge is 2.33. The summed E-state index contributed by atoms with van der Waals surface area (Å²) in [5, 5.41) is 3.77. The lowest BCUT2D eigenvalue weighted by molar-refractivity contribution is 0.189. The summed E-state index contributed by atoms with van der Waals surface area (Å²) >= 11 is 0. The highest BCUT2D eigenvalue weighted by molar-refractivity contribution is 5.85. The number of hydrogen-bond donors (Lipinski definition) is 1. The largest absolute Gasteiger partial charge is 0.338 e. The molecule has 2 N–H and O–H groups in total. The van der Waals surface area contributed by atoms with Gasteiger partial charge in [0.1, 0.15) is 0 Å². The zero-order chi connectivity index (χ0) is 10.8. The molecule has 0 amide bonds. The fraction of sp³-hybridized carbons (Fsp3) is 0.800. The molecule has 1 aromatic rings. The van der Waals surface area contributed by atoms with Crippen molar-refractivity contribution in [2.24, 2.45) is 11.7 Å². The fourth-order valence-corrected chi connectivity index (χ4v) is 1.95. The predicted molar refractivity (Wildman–Crippen MR) is 63.3 cm³/mol. The van der Waals surface area contributed by atoms with E-state index in [1.54, 1.807) is 0 Å². The molecule has 1 aliphatic carbocycles. The summed E-state index contributed by atoms with van der Waals surface area (Å²) in [4.78, 5) is 6.40. The fourth-order valence-electron chi connectivity index (χ4n) is 1.95. The van der Waals surface area contributed by atoms with Gasteiger partial charge in [0, 0.05) is 12.6 Å². The molecule has 1 aromatic heterocycles. The smallest absolute Gasteiger partial charge is 0.240 e. The minimum Gasteiger partial charge on any atom is -0.338 e. The lowest BCUT2D eigenvalue weighted by atomic mass is 10.1. The molecule has 1 atom stereocenters. The van der Waals surface area contributed by atoms with Crippen LogP contribution in [0.1, 0.15) is 24.6 Å². The molecule has 1 aliphatic rings. The van der Waals surface area contributed by atoms with Gasteiger partial charge in [0.15, 0.2) is 5.82 Å². The Morgan fingerprint density at radius 2 is 2.25 bits per heavy atom. The Labute approximate surface area is 102 Å². The first-order valence-corrected chi connectivity index (χ1v) is 5.40. The van der Waals surface area contributed by atoms with E-state index in [2.05, 4.69) is 22.1 Å². The second-order valence-corrected chi connectivity index (χ2v) is 4.29. The van der Waals surface area contributed by atoms with Gasteiger partial charge in [-0.1, -0.05) is 5.16 Å². The van der Waals surface area contributed by atoms with Gasteiger partial charge in [0.25, 0.3) is 0 Å². The lowest BCUT2D eigenvalue weighted by Crippen LogP contribution is -2.39. The average Bonchev–Trinajstić information content (AvgIpc) is 2.93. The molecule has 0 aliphatic heterocycles. The molecule has 0 aromatic carbocycles. The van der Waals surface area contributed by atoms with Gasteiger partial charge in [-0.05, 0) is 32.7 Å². The zero-order valence-electron chi connectivity index (χ0n) is 9.72. The summed E-state index contributed by atoms with van der Waals surface area (Å²) in [5.74, 6) is 2.13. The molecule has 1 unspecified atom stereocenters. The van der Waals surface area contributed by atoms with E-state index in [1.165, 1.54) is 12.8 Å². The van der Waals surface area contributed by atoms with E-state index >= 15 is 0 Å². The number of halogens is 1. The molecule has 92 valence electrons. The highest BCUT2D eigenvalue weighted by Crippen LogP contribution is 2.34. The van der Waals surface area contributed by atoms with Gasteiger partial charge in [-0.3, -0.25) is 4.90 Å². The van der Waals surface area contributed by atoms with E-state index in [4.69, 9.17) is 10.3 Å². The molecular formula is C10H19ClN4O. The SMILES string of the molecule is Cc1noc(CN(C)C(CN)C2CC2)n1.Cl. The summed E-state index contributed by atoms with van der Waals surface area (Å²) in [6, 6.07) is 0.456. The third kappa shape index (κ3) is 3.17. The Morgan fingerprint density at radius 3 is 2.69 bits per heavy atom. The van der Waals surface area contributed by atoms with Gasteiger partial charge in [-0.25, -0.2) is 0 Å². The maximum absolute atomic E-state index is 5.77. The maximum atomic E-state index is 5.77. The van der Waals surface area contributed by atoms with Gasteiger partial charge in [0.05, 0.1) is 6.54 Å². The van der Waals surface area contributed by atoms with Crippen LogP contribution in [0.2, 0.25) is 0 Å². The second kappa shape index (κ2) is 5.61. The maximum Gasteiger partial charge on any atom is 0.240 e. The third-order valence-electron chi connectivity index (χ3n) is 2.93. The first-order chi connectivity index (χ1) is 7.20. The van der Waals surface area contributed by atoms with Crippen LogP contribution >= 0.6 is 12.4 Å². The molecule has 2 rings (SSSR count). The van der Waals surface area contributed by atoms with E-state index in [0.717, 1.165) is 5.92 Å². The summed E-state index contributed by atoms with van der Waals surface area (Å²) in [7, 11) is 2.06. The van der Waals surface area contributed by atoms with E-state index in [0.29, 0.717) is 30.8 Å². The molecular weight excluding hydrogens is 228 g/mol. The van der Waals surface area contributed by atoms with Crippen LogP contribution in [-0.4, -0.2) is 34.7 Å². The van der Waals surface area contributed by atoms with Gasteiger partial charge >= 0.3 is 0 Å². The van der Waals surface area contributed by atoms with Gasteiger partial charge in [0.2, 0.25) is 5.89 Å². The molecule has 5 nitrogen and oxygen atoms in total. The van der Waals surface area contributed by atoms with Crippen molar-refractivity contribution in [3.8, 4) is 0 Å². The van der Waals surface area contributed by atoms with Crippen molar-refractivity contribution in [1.82, 2.24) is 15.0 Å². The molecule has 1 fully saturated rings. The van der Waals surface area contributed by atoms with E-state index in [-0.39, 0.29) is 12.4 Å². The molecule has 0 bridgehead atoms. The first kappa shape index (κ1) is 13.4. The van der Waals surface area contributed by atoms with Crippen LogP contribution in [0.15, 0.2) is 4.52 Å². The van der Waals surface area contributed by atoms with Gasteiger partial charge in [-0.15, -0.1) is 12.4 Å². The van der Waals surface area contributed by atoms with Crippen LogP contribution in [-0.2, 0) is 6.54 Å². The number of aryl methyl sites for hydroxylation is 1. The van der Waals surface area contributed by atoms with Crippen LogP contribution < -0.4 is 5.73 Å². The number of rotatable bonds is 5. The van der Waals surface area contributed by atoms with Gasteiger partial charge in [-0.2, -0.15) is 4.98 Å². The second-order valence-electron chi connectivity index (χ2n) is 4.29. The molecule has 6 heteroatoms. The van der Waals surface area contributed by atoms with Crippen molar-refractivity contribution >= 4 is 12.4 Å². The normalized spacial score (nSPS) is 17.2. The average molecular weight is 247 g/mol. The van der Waals surface area contributed by atoms with Crippen LogP contribution in [0.4, 0.5) is 0 Å². The number of likely N-dealkylation sites (N-methyl/N-ethyl adjacent to an activating group) is 1. The van der Waals surface area contributed by atoms with Crippen LogP contribution in [0, 0.1) is 12.8 Å². The van der Waals surface area contributed by atoms with Crippen LogP contribution in [0.3, 0.4) is 0 Å². The highest BCUT2D eigenvalue weighted by atomic mass is 35.5. The van der Waals surface area contributed by atoms with Crippen LogP contribution in [0.5, 0.6) is 0 Å². The van der Waals surface area contributed by atoms with E-state index < -0.39 is 0 Å². The topological polar surface area (TPSA) is 68.2 Å². The minimum atomic E-state index is 0. The number of nitrogens with two attached hydrogens (primary N) is 1. The Balaban J connectivity index is 0.00000128. The lowest BCUT2D eigenvalue weighted by Gasteiger charge is -2.25.